The largest absolute Gasteiger partial charge is 0.497 e. The number of primary amides is 1. The number of nitrogens with two attached hydrogens (primary N) is 2. The quantitative estimate of drug-likeness (QED) is 0.161. The number of aromatic amines is 1. The molecule has 0 spiro atoms. The Balaban J connectivity index is 1.63. The SMILES string of the molecule is COc1ccc(Cn2c([C@H](Cc3c[nH]c4ccccc34)CC(C)(N)C(N)=O)nnc2[C@@H](Cc2ccccc2)NC(C)=O)cc1. The first kappa shape index (κ1) is 30.5. The fourth-order valence-electron chi connectivity index (χ4n) is 5.70. The second kappa shape index (κ2) is 13.1. The molecule has 2 amide bonds. The Kier molecular flexibility index (Phi) is 9.10. The Bertz CT molecular complexity index is 1720. The minimum atomic E-state index is -1.30. The van der Waals surface area contributed by atoms with Crippen molar-refractivity contribution in [1.82, 2.24) is 25.1 Å². The van der Waals surface area contributed by atoms with Gasteiger partial charge in [0.2, 0.25) is 11.8 Å². The number of H-pyrrole nitrogens is 1. The molecular formula is C34H39N7O3. The van der Waals surface area contributed by atoms with Crippen molar-refractivity contribution < 1.29 is 14.3 Å². The first-order valence-electron chi connectivity index (χ1n) is 14.7. The number of ether oxygens (including phenoxy) is 1. The third-order valence-electron chi connectivity index (χ3n) is 8.02. The number of methoxy groups -OCH3 is 1. The van der Waals surface area contributed by atoms with Crippen LogP contribution in [0.2, 0.25) is 0 Å². The summed E-state index contributed by atoms with van der Waals surface area (Å²) in [7, 11) is 1.63. The molecule has 0 fully saturated rings. The highest BCUT2D eigenvalue weighted by Crippen LogP contribution is 2.33. The molecule has 10 nitrogen and oxygen atoms in total. The molecule has 0 aliphatic rings. The lowest BCUT2D eigenvalue weighted by Crippen LogP contribution is -2.50. The van der Waals surface area contributed by atoms with E-state index in [1.165, 1.54) is 6.92 Å². The van der Waals surface area contributed by atoms with E-state index >= 15 is 0 Å². The zero-order valence-electron chi connectivity index (χ0n) is 25.3. The maximum Gasteiger partial charge on any atom is 0.237 e. The summed E-state index contributed by atoms with van der Waals surface area (Å²) in [6.07, 6.45) is 3.28. The molecule has 0 aliphatic carbocycles. The van der Waals surface area contributed by atoms with Crippen LogP contribution in [-0.4, -0.2) is 44.2 Å². The number of carbonyl (C=O) groups is 2. The van der Waals surface area contributed by atoms with E-state index in [0.717, 1.165) is 33.3 Å². The number of carbonyl (C=O) groups excluding carboxylic acids is 2. The van der Waals surface area contributed by atoms with Gasteiger partial charge < -0.3 is 31.1 Å². The van der Waals surface area contributed by atoms with Crippen molar-refractivity contribution >= 4 is 22.7 Å². The van der Waals surface area contributed by atoms with Crippen molar-refractivity contribution in [3.8, 4) is 5.75 Å². The molecule has 228 valence electrons. The van der Waals surface area contributed by atoms with Gasteiger partial charge in [-0.15, -0.1) is 10.2 Å². The van der Waals surface area contributed by atoms with Crippen LogP contribution in [-0.2, 0) is 29.0 Å². The number of amides is 2. The fraction of sp³-hybridized carbons (Fsp3) is 0.294. The molecule has 2 heterocycles. The van der Waals surface area contributed by atoms with Crippen LogP contribution in [0.5, 0.6) is 5.75 Å². The van der Waals surface area contributed by atoms with E-state index in [1.54, 1.807) is 14.0 Å². The molecule has 0 saturated heterocycles. The lowest BCUT2D eigenvalue weighted by Gasteiger charge is -2.27. The van der Waals surface area contributed by atoms with Crippen LogP contribution in [0.15, 0.2) is 85.1 Å². The highest BCUT2D eigenvalue weighted by Gasteiger charge is 2.35. The van der Waals surface area contributed by atoms with Crippen molar-refractivity contribution in [2.45, 2.75) is 57.2 Å². The number of fused-ring (bicyclic) bond motifs is 1. The smallest absolute Gasteiger partial charge is 0.237 e. The summed E-state index contributed by atoms with van der Waals surface area (Å²) in [4.78, 5) is 28.3. The third kappa shape index (κ3) is 6.98. The molecule has 5 aromatic rings. The topological polar surface area (TPSA) is 154 Å². The number of rotatable bonds is 13. The Hall–Kier alpha value is -4.96. The summed E-state index contributed by atoms with van der Waals surface area (Å²) < 4.78 is 7.41. The average Bonchev–Trinajstić information content (AvgIpc) is 3.61. The Morgan fingerprint density at radius 2 is 1.64 bits per heavy atom. The number of para-hydroxylation sites is 1. The first-order valence-corrected chi connectivity index (χ1v) is 14.7. The van der Waals surface area contributed by atoms with Gasteiger partial charge in [0.25, 0.3) is 0 Å². The Morgan fingerprint density at radius 3 is 2.32 bits per heavy atom. The molecule has 0 saturated carbocycles. The van der Waals surface area contributed by atoms with E-state index in [0.29, 0.717) is 31.0 Å². The molecular weight excluding hydrogens is 554 g/mol. The van der Waals surface area contributed by atoms with Gasteiger partial charge >= 0.3 is 0 Å². The van der Waals surface area contributed by atoms with Crippen LogP contribution in [0.1, 0.15) is 60.6 Å². The monoisotopic (exact) mass is 593 g/mol. The summed E-state index contributed by atoms with van der Waals surface area (Å²) in [6, 6.07) is 25.3. The number of hydrogen-bond acceptors (Lipinski definition) is 6. The van der Waals surface area contributed by atoms with E-state index < -0.39 is 17.5 Å². The molecule has 6 N–H and O–H groups in total. The number of hydrogen-bond donors (Lipinski definition) is 4. The van der Waals surface area contributed by atoms with E-state index in [-0.39, 0.29) is 18.2 Å². The van der Waals surface area contributed by atoms with Gasteiger partial charge in [-0.2, -0.15) is 0 Å². The molecule has 10 heteroatoms. The van der Waals surface area contributed by atoms with Crippen molar-refractivity contribution in [3.63, 3.8) is 0 Å². The molecule has 3 aromatic carbocycles. The molecule has 1 unspecified atom stereocenters. The van der Waals surface area contributed by atoms with E-state index in [1.807, 2.05) is 83.6 Å². The minimum absolute atomic E-state index is 0.176. The van der Waals surface area contributed by atoms with Crippen molar-refractivity contribution in [3.05, 3.63) is 113 Å². The van der Waals surface area contributed by atoms with E-state index in [9.17, 15) is 9.59 Å². The zero-order valence-corrected chi connectivity index (χ0v) is 25.3. The van der Waals surface area contributed by atoms with Crippen LogP contribution in [0.25, 0.3) is 10.9 Å². The maximum absolute atomic E-state index is 12.5. The van der Waals surface area contributed by atoms with Gasteiger partial charge in [-0.3, -0.25) is 9.59 Å². The van der Waals surface area contributed by atoms with Gasteiger partial charge in [-0.25, -0.2) is 0 Å². The van der Waals surface area contributed by atoms with Crippen LogP contribution in [0, 0.1) is 0 Å². The summed E-state index contributed by atoms with van der Waals surface area (Å²) in [5.74, 6) is 0.911. The summed E-state index contributed by atoms with van der Waals surface area (Å²) in [5.41, 5.74) is 15.1. The van der Waals surface area contributed by atoms with Gasteiger partial charge in [0, 0.05) is 29.9 Å². The fourth-order valence-corrected chi connectivity index (χ4v) is 5.70. The van der Waals surface area contributed by atoms with Gasteiger partial charge in [0.1, 0.15) is 11.6 Å². The molecule has 2 aromatic heterocycles. The molecule has 44 heavy (non-hydrogen) atoms. The first-order chi connectivity index (χ1) is 21.1. The van der Waals surface area contributed by atoms with Crippen molar-refractivity contribution in [2.24, 2.45) is 11.5 Å². The normalized spacial score (nSPS) is 14.1. The highest BCUT2D eigenvalue weighted by molar-refractivity contribution is 5.84. The van der Waals surface area contributed by atoms with Crippen LogP contribution < -0.4 is 21.5 Å². The summed E-state index contributed by atoms with van der Waals surface area (Å²) >= 11 is 0. The van der Waals surface area contributed by atoms with Gasteiger partial charge in [-0.05, 0) is 61.1 Å². The predicted octanol–water partition coefficient (Wildman–Crippen LogP) is 4.16. The van der Waals surface area contributed by atoms with Gasteiger partial charge in [0.15, 0.2) is 5.82 Å². The Morgan fingerprint density at radius 1 is 0.955 bits per heavy atom. The Labute approximate surface area is 256 Å². The van der Waals surface area contributed by atoms with Gasteiger partial charge in [-0.1, -0.05) is 60.7 Å². The number of nitrogens with zero attached hydrogens (tertiary/aromatic N) is 3. The van der Waals surface area contributed by atoms with Crippen molar-refractivity contribution in [2.75, 3.05) is 7.11 Å². The molecule has 0 aliphatic heterocycles. The van der Waals surface area contributed by atoms with Crippen LogP contribution >= 0.6 is 0 Å². The molecule has 0 radical (unpaired) electrons. The third-order valence-corrected chi connectivity index (χ3v) is 8.02. The predicted molar refractivity (Wildman–Crippen MR) is 170 cm³/mol. The standard InChI is InChI=1S/C34H39N7O3/c1-22(42)38-30(17-23-9-5-4-6-10-23)32-40-39-31(41(32)21-24-13-15-27(44-3)16-14-24)25(19-34(2,36)33(35)43)18-26-20-37-29-12-8-7-11-28(26)29/h4-16,20,25,30,37H,17-19,21,36H2,1-3H3,(H2,35,43)(H,38,42)/t25-,30-,34?/m1/s1. The maximum atomic E-state index is 12.5. The molecule has 0 bridgehead atoms. The second-order valence-electron chi connectivity index (χ2n) is 11.5. The van der Waals surface area contributed by atoms with E-state index in [2.05, 4.69) is 16.4 Å². The number of nitrogens with one attached hydrogen (secondary N) is 2. The summed E-state index contributed by atoms with van der Waals surface area (Å²) in [6.45, 7) is 3.57. The van der Waals surface area contributed by atoms with Crippen LogP contribution in [0.3, 0.4) is 0 Å². The highest BCUT2D eigenvalue weighted by atomic mass is 16.5. The molecule has 5 rings (SSSR count). The second-order valence-corrected chi connectivity index (χ2v) is 11.5. The average molecular weight is 594 g/mol. The van der Waals surface area contributed by atoms with E-state index in [4.69, 9.17) is 26.4 Å². The number of aromatic nitrogens is 4. The van der Waals surface area contributed by atoms with Gasteiger partial charge in [0.05, 0.1) is 25.2 Å². The minimum Gasteiger partial charge on any atom is -0.497 e. The lowest BCUT2D eigenvalue weighted by atomic mass is 9.84. The number of benzene rings is 3. The zero-order chi connectivity index (χ0) is 31.3. The summed E-state index contributed by atoms with van der Waals surface area (Å²) in [5, 5.41) is 13.6. The molecule has 3 atom stereocenters. The van der Waals surface area contributed by atoms with Crippen LogP contribution in [0.4, 0.5) is 0 Å². The van der Waals surface area contributed by atoms with Crippen molar-refractivity contribution in [1.29, 1.82) is 0 Å². The lowest BCUT2D eigenvalue weighted by molar-refractivity contribution is -0.123.